The number of carbonyl (C=O) groups is 1. The first kappa shape index (κ1) is 9.06. The van der Waals surface area contributed by atoms with Gasteiger partial charge in [0.2, 0.25) is 0 Å². The van der Waals surface area contributed by atoms with Crippen molar-refractivity contribution in [3.8, 4) is 0 Å². The van der Waals surface area contributed by atoms with Crippen molar-refractivity contribution in [3.63, 3.8) is 0 Å². The van der Waals surface area contributed by atoms with E-state index in [9.17, 15) is 4.79 Å². The summed E-state index contributed by atoms with van der Waals surface area (Å²) in [6, 6.07) is 1.66. The zero-order chi connectivity index (χ0) is 9.14. The SMILES string of the molecule is COC(=O)c1cc(S)c[n+](C)c1. The van der Waals surface area contributed by atoms with Gasteiger partial charge in [0.25, 0.3) is 0 Å². The number of nitrogens with zero attached hydrogens (tertiary/aromatic N) is 1. The minimum atomic E-state index is -0.346. The van der Waals surface area contributed by atoms with E-state index in [1.165, 1.54) is 7.11 Å². The normalized spacial score (nSPS) is 9.58. The maximum absolute atomic E-state index is 11.0. The zero-order valence-corrected chi connectivity index (χ0v) is 7.84. The minimum absolute atomic E-state index is 0.346. The summed E-state index contributed by atoms with van der Waals surface area (Å²) in [5.41, 5.74) is 0.507. The van der Waals surface area contributed by atoms with Gasteiger partial charge in [0.1, 0.15) is 12.6 Å². The molecule has 0 saturated heterocycles. The molecule has 0 saturated carbocycles. The molecule has 64 valence electrons. The number of thiol groups is 1. The van der Waals surface area contributed by atoms with Crippen LogP contribution in [0.4, 0.5) is 0 Å². The molecule has 0 fully saturated rings. The Balaban J connectivity index is 3.08. The van der Waals surface area contributed by atoms with Crippen LogP contribution in [0.2, 0.25) is 0 Å². The standard InChI is InChI=1S/C8H9NO2S/c1-9-4-6(8(10)11-2)3-7(12)5-9/h3-5H,1-2H3/p+1. The van der Waals surface area contributed by atoms with Gasteiger partial charge in [-0.05, 0) is 6.07 Å². The monoisotopic (exact) mass is 184 g/mol. The predicted octanol–water partition coefficient (Wildman–Crippen LogP) is 0.586. The van der Waals surface area contributed by atoms with Crippen molar-refractivity contribution >= 4 is 18.6 Å². The number of carbonyl (C=O) groups excluding carboxylic acids is 1. The predicted molar refractivity (Wildman–Crippen MR) is 46.2 cm³/mol. The lowest BCUT2D eigenvalue weighted by molar-refractivity contribution is -0.673. The van der Waals surface area contributed by atoms with E-state index in [0.29, 0.717) is 5.56 Å². The fourth-order valence-corrected chi connectivity index (χ4v) is 1.25. The van der Waals surface area contributed by atoms with Crippen LogP contribution in [0.15, 0.2) is 23.4 Å². The Morgan fingerprint density at radius 2 is 2.25 bits per heavy atom. The van der Waals surface area contributed by atoms with E-state index in [1.807, 2.05) is 7.05 Å². The van der Waals surface area contributed by atoms with Crippen molar-refractivity contribution in [1.29, 1.82) is 0 Å². The molecule has 0 aliphatic carbocycles. The first-order chi connectivity index (χ1) is 5.63. The summed E-state index contributed by atoms with van der Waals surface area (Å²) >= 11 is 4.13. The van der Waals surface area contributed by atoms with Gasteiger partial charge >= 0.3 is 5.97 Å². The lowest BCUT2D eigenvalue weighted by Gasteiger charge is -1.97. The molecule has 3 nitrogen and oxygen atoms in total. The summed E-state index contributed by atoms with van der Waals surface area (Å²) in [7, 11) is 3.18. The second-order valence-corrected chi connectivity index (χ2v) is 2.96. The molecule has 0 bridgehead atoms. The van der Waals surface area contributed by atoms with E-state index in [1.54, 1.807) is 23.0 Å². The molecule has 4 heteroatoms. The zero-order valence-electron chi connectivity index (χ0n) is 6.94. The number of esters is 1. The van der Waals surface area contributed by atoms with E-state index >= 15 is 0 Å². The Morgan fingerprint density at radius 1 is 1.58 bits per heavy atom. The molecule has 12 heavy (non-hydrogen) atoms. The summed E-state index contributed by atoms with van der Waals surface area (Å²) in [4.78, 5) is 11.8. The molecule has 0 amide bonds. The van der Waals surface area contributed by atoms with Crippen molar-refractivity contribution < 1.29 is 14.1 Å². The summed E-state index contributed by atoms with van der Waals surface area (Å²) in [6.07, 6.45) is 3.49. The molecular weight excluding hydrogens is 174 g/mol. The molecule has 0 aliphatic rings. The van der Waals surface area contributed by atoms with Crippen LogP contribution >= 0.6 is 12.6 Å². The lowest BCUT2D eigenvalue weighted by Crippen LogP contribution is -2.28. The quantitative estimate of drug-likeness (QED) is 0.393. The van der Waals surface area contributed by atoms with Crippen LogP contribution in [-0.4, -0.2) is 13.1 Å². The smallest absolute Gasteiger partial charge is 0.343 e. The van der Waals surface area contributed by atoms with Crippen LogP contribution in [-0.2, 0) is 11.8 Å². The average molecular weight is 184 g/mol. The van der Waals surface area contributed by atoms with Crippen molar-refractivity contribution in [2.24, 2.45) is 7.05 Å². The highest BCUT2D eigenvalue weighted by atomic mass is 32.1. The Labute approximate surface area is 76.4 Å². The number of aryl methyl sites for hydroxylation is 1. The van der Waals surface area contributed by atoms with Crippen LogP contribution in [0.25, 0.3) is 0 Å². The Morgan fingerprint density at radius 3 is 2.75 bits per heavy atom. The number of ether oxygens (including phenoxy) is 1. The lowest BCUT2D eigenvalue weighted by atomic mass is 10.3. The maximum atomic E-state index is 11.0. The molecule has 0 unspecified atom stereocenters. The molecule has 0 aliphatic heterocycles. The van der Waals surface area contributed by atoms with E-state index in [4.69, 9.17) is 0 Å². The number of aromatic nitrogens is 1. The van der Waals surface area contributed by atoms with Gasteiger partial charge < -0.3 is 4.74 Å². The molecular formula is C8H10NO2S+. The van der Waals surface area contributed by atoms with Gasteiger partial charge in [-0.15, -0.1) is 12.6 Å². The Bertz CT molecular complexity index is 292. The number of hydrogen-bond acceptors (Lipinski definition) is 3. The number of hydrogen-bond donors (Lipinski definition) is 1. The van der Waals surface area contributed by atoms with Crippen LogP contribution in [0.3, 0.4) is 0 Å². The Kier molecular flexibility index (Phi) is 2.70. The third kappa shape index (κ3) is 1.98. The highest BCUT2D eigenvalue weighted by Gasteiger charge is 2.10. The first-order valence-electron chi connectivity index (χ1n) is 3.41. The van der Waals surface area contributed by atoms with E-state index in [2.05, 4.69) is 17.4 Å². The van der Waals surface area contributed by atoms with E-state index in [0.717, 1.165) is 4.90 Å². The maximum Gasteiger partial charge on any atom is 0.343 e. The second-order valence-electron chi connectivity index (χ2n) is 2.44. The van der Waals surface area contributed by atoms with Crippen LogP contribution in [0.1, 0.15) is 10.4 Å². The van der Waals surface area contributed by atoms with Crippen LogP contribution in [0.5, 0.6) is 0 Å². The molecule has 1 rings (SSSR count). The molecule has 0 N–H and O–H groups in total. The van der Waals surface area contributed by atoms with Crippen LogP contribution < -0.4 is 4.57 Å². The fourth-order valence-electron chi connectivity index (χ4n) is 0.929. The van der Waals surface area contributed by atoms with Crippen molar-refractivity contribution in [1.82, 2.24) is 0 Å². The highest BCUT2D eigenvalue weighted by molar-refractivity contribution is 7.80. The topological polar surface area (TPSA) is 30.2 Å². The number of pyridine rings is 1. The number of methoxy groups -OCH3 is 1. The van der Waals surface area contributed by atoms with Crippen LogP contribution in [0, 0.1) is 0 Å². The highest BCUT2D eigenvalue weighted by Crippen LogP contribution is 2.05. The molecule has 1 aromatic heterocycles. The van der Waals surface area contributed by atoms with Gasteiger partial charge in [0.05, 0.1) is 12.0 Å². The fraction of sp³-hybridized carbons (Fsp3) is 0.250. The summed E-state index contributed by atoms with van der Waals surface area (Å²) < 4.78 is 6.32. The molecule has 0 radical (unpaired) electrons. The first-order valence-corrected chi connectivity index (χ1v) is 3.86. The van der Waals surface area contributed by atoms with Gasteiger partial charge in [-0.25, -0.2) is 9.36 Å². The van der Waals surface area contributed by atoms with Crippen molar-refractivity contribution in [2.45, 2.75) is 4.90 Å². The molecule has 0 atom stereocenters. The molecule has 1 heterocycles. The minimum Gasteiger partial charge on any atom is -0.465 e. The molecule has 0 spiro atoms. The average Bonchev–Trinajstić information content (AvgIpc) is 2.01. The summed E-state index contributed by atoms with van der Waals surface area (Å²) in [6.45, 7) is 0. The van der Waals surface area contributed by atoms with E-state index in [-0.39, 0.29) is 5.97 Å². The summed E-state index contributed by atoms with van der Waals surface area (Å²) in [5.74, 6) is -0.346. The largest absolute Gasteiger partial charge is 0.465 e. The van der Waals surface area contributed by atoms with Gasteiger partial charge in [0.15, 0.2) is 12.4 Å². The van der Waals surface area contributed by atoms with E-state index < -0.39 is 0 Å². The second kappa shape index (κ2) is 3.58. The van der Waals surface area contributed by atoms with Gasteiger partial charge in [-0.3, -0.25) is 0 Å². The van der Waals surface area contributed by atoms with Gasteiger partial charge in [0, 0.05) is 0 Å². The molecule has 1 aromatic rings. The number of rotatable bonds is 1. The van der Waals surface area contributed by atoms with Gasteiger partial charge in [-0.1, -0.05) is 0 Å². The van der Waals surface area contributed by atoms with Crippen molar-refractivity contribution in [2.75, 3.05) is 7.11 Å². The molecule has 0 aromatic carbocycles. The Hall–Kier alpha value is -1.03. The van der Waals surface area contributed by atoms with Crippen molar-refractivity contribution in [3.05, 3.63) is 24.0 Å². The summed E-state index contributed by atoms with van der Waals surface area (Å²) in [5, 5.41) is 0. The third-order valence-electron chi connectivity index (χ3n) is 1.40. The third-order valence-corrected chi connectivity index (χ3v) is 1.65. The van der Waals surface area contributed by atoms with Gasteiger partial charge in [-0.2, -0.15) is 0 Å².